The van der Waals surface area contributed by atoms with E-state index in [-0.39, 0.29) is 17.3 Å². The summed E-state index contributed by atoms with van der Waals surface area (Å²) < 4.78 is 37.0. The monoisotopic (exact) mass is 460 g/mol. The van der Waals surface area contributed by atoms with Crippen LogP contribution in [0.25, 0.3) is 11.0 Å². The zero-order valence-corrected chi connectivity index (χ0v) is 17.9. The molecule has 1 aromatic heterocycles. The Hall–Kier alpha value is -3.17. The minimum atomic E-state index is -3.69. The SMILES string of the molecule is CCc1cc2oc(=O)cc(COC(=O)CN=C3NS(=O)(=O)c4ccccc43)c2cc1Cl. The van der Waals surface area contributed by atoms with Crippen molar-refractivity contribution in [1.82, 2.24) is 4.72 Å². The van der Waals surface area contributed by atoms with E-state index in [0.29, 0.717) is 33.5 Å². The number of aryl methyl sites for hydroxylation is 1. The van der Waals surface area contributed by atoms with Gasteiger partial charge in [-0.3, -0.25) is 14.5 Å². The van der Waals surface area contributed by atoms with Crippen molar-refractivity contribution in [2.45, 2.75) is 24.8 Å². The van der Waals surface area contributed by atoms with E-state index in [1.807, 2.05) is 6.92 Å². The molecule has 8 nitrogen and oxygen atoms in total. The van der Waals surface area contributed by atoms with Gasteiger partial charge in [-0.1, -0.05) is 30.7 Å². The topological polar surface area (TPSA) is 115 Å². The number of benzene rings is 2. The Bertz CT molecular complexity index is 1390. The molecule has 0 atom stereocenters. The van der Waals surface area contributed by atoms with Crippen LogP contribution in [0.3, 0.4) is 0 Å². The number of aliphatic imine (C=N–C) groups is 1. The molecule has 1 aliphatic rings. The average molecular weight is 461 g/mol. The van der Waals surface area contributed by atoms with Crippen molar-refractivity contribution in [2.24, 2.45) is 4.99 Å². The van der Waals surface area contributed by atoms with Crippen molar-refractivity contribution in [1.29, 1.82) is 0 Å². The highest BCUT2D eigenvalue weighted by atomic mass is 35.5. The molecule has 160 valence electrons. The molecule has 1 N–H and O–H groups in total. The lowest BCUT2D eigenvalue weighted by Gasteiger charge is -2.09. The van der Waals surface area contributed by atoms with E-state index >= 15 is 0 Å². The van der Waals surface area contributed by atoms with Crippen LogP contribution in [0.5, 0.6) is 0 Å². The van der Waals surface area contributed by atoms with E-state index in [1.54, 1.807) is 30.3 Å². The van der Waals surface area contributed by atoms with Crippen molar-refractivity contribution < 1.29 is 22.4 Å². The summed E-state index contributed by atoms with van der Waals surface area (Å²) >= 11 is 6.26. The molecule has 10 heteroatoms. The van der Waals surface area contributed by atoms with Crippen molar-refractivity contribution in [3.8, 4) is 0 Å². The molecule has 2 aromatic carbocycles. The van der Waals surface area contributed by atoms with E-state index in [1.165, 1.54) is 12.1 Å². The Balaban J connectivity index is 1.51. The fraction of sp³-hybridized carbons (Fsp3) is 0.190. The van der Waals surface area contributed by atoms with E-state index in [9.17, 15) is 18.0 Å². The number of fused-ring (bicyclic) bond motifs is 2. The summed E-state index contributed by atoms with van der Waals surface area (Å²) in [7, 11) is -3.69. The first-order valence-electron chi connectivity index (χ1n) is 9.36. The van der Waals surface area contributed by atoms with Crippen LogP contribution in [0, 0.1) is 0 Å². The number of ether oxygens (including phenoxy) is 1. The first-order valence-corrected chi connectivity index (χ1v) is 11.2. The van der Waals surface area contributed by atoms with Gasteiger partial charge in [-0.25, -0.2) is 13.2 Å². The molecule has 3 aromatic rings. The lowest BCUT2D eigenvalue weighted by atomic mass is 10.1. The lowest BCUT2D eigenvalue weighted by molar-refractivity contribution is -0.143. The van der Waals surface area contributed by atoms with Crippen LogP contribution in [0.1, 0.15) is 23.6 Å². The quantitative estimate of drug-likeness (QED) is 0.462. The number of esters is 1. The Kier molecular flexibility index (Phi) is 5.55. The Morgan fingerprint density at radius 3 is 2.74 bits per heavy atom. The van der Waals surface area contributed by atoms with Crippen LogP contribution >= 0.6 is 11.6 Å². The van der Waals surface area contributed by atoms with Gasteiger partial charge in [-0.05, 0) is 36.2 Å². The highest BCUT2D eigenvalue weighted by Gasteiger charge is 2.30. The van der Waals surface area contributed by atoms with Crippen molar-refractivity contribution in [3.05, 3.63) is 74.6 Å². The number of hydrogen-bond acceptors (Lipinski definition) is 7. The Morgan fingerprint density at radius 1 is 1.19 bits per heavy atom. The summed E-state index contributed by atoms with van der Waals surface area (Å²) in [6.07, 6.45) is 0.672. The number of sulfonamides is 1. The average Bonchev–Trinajstić information content (AvgIpc) is 3.01. The van der Waals surface area contributed by atoms with Crippen LogP contribution in [0.15, 0.2) is 61.6 Å². The summed E-state index contributed by atoms with van der Waals surface area (Å²) in [6, 6.07) is 10.9. The summed E-state index contributed by atoms with van der Waals surface area (Å²) in [4.78, 5) is 28.2. The van der Waals surface area contributed by atoms with Gasteiger partial charge < -0.3 is 9.15 Å². The normalized spacial score (nSPS) is 15.6. The highest BCUT2D eigenvalue weighted by Crippen LogP contribution is 2.26. The molecule has 0 bridgehead atoms. The molecule has 0 saturated heterocycles. The lowest BCUT2D eigenvalue weighted by Crippen LogP contribution is -2.23. The number of nitrogens with one attached hydrogen (secondary N) is 1. The predicted octanol–water partition coefficient (Wildman–Crippen LogP) is 2.79. The minimum Gasteiger partial charge on any atom is -0.459 e. The molecular formula is C21H17ClN2O6S. The second kappa shape index (κ2) is 8.16. The Morgan fingerprint density at radius 2 is 1.97 bits per heavy atom. The standard InChI is InChI=1S/C21H17ClN2O6S/c1-2-12-7-17-15(9-16(12)22)13(8-19(25)30-17)11-29-20(26)10-23-21-14-5-3-4-6-18(14)31(27,28)24-21/h3-9H,2,10-11H2,1H3,(H,23,24). The maximum Gasteiger partial charge on any atom is 0.336 e. The van der Waals surface area contributed by atoms with E-state index in [0.717, 1.165) is 5.56 Å². The molecule has 4 rings (SSSR count). The molecule has 31 heavy (non-hydrogen) atoms. The first-order chi connectivity index (χ1) is 14.8. The third kappa shape index (κ3) is 4.19. The molecule has 0 unspecified atom stereocenters. The third-order valence-corrected chi connectivity index (χ3v) is 6.54. The van der Waals surface area contributed by atoms with Gasteiger partial charge in [0.15, 0.2) is 0 Å². The number of hydrogen-bond donors (Lipinski definition) is 1. The minimum absolute atomic E-state index is 0.0808. The second-order valence-electron chi connectivity index (χ2n) is 6.81. The van der Waals surface area contributed by atoms with Gasteiger partial charge in [-0.2, -0.15) is 0 Å². The van der Waals surface area contributed by atoms with Gasteiger partial charge in [0.05, 0.1) is 4.90 Å². The number of nitrogens with zero attached hydrogens (tertiary/aromatic N) is 1. The maximum absolute atomic E-state index is 12.2. The fourth-order valence-electron chi connectivity index (χ4n) is 3.28. The van der Waals surface area contributed by atoms with Gasteiger partial charge in [0.2, 0.25) is 0 Å². The molecule has 1 aliphatic heterocycles. The van der Waals surface area contributed by atoms with E-state index in [4.69, 9.17) is 20.8 Å². The number of halogens is 1. The zero-order valence-electron chi connectivity index (χ0n) is 16.3. The fourth-order valence-corrected chi connectivity index (χ4v) is 4.83. The first kappa shape index (κ1) is 21.1. The van der Waals surface area contributed by atoms with Gasteiger partial charge >= 0.3 is 11.6 Å². The number of amidine groups is 1. The predicted molar refractivity (Wildman–Crippen MR) is 115 cm³/mol. The Labute approximate surface area is 182 Å². The van der Waals surface area contributed by atoms with Crippen LogP contribution in [-0.2, 0) is 32.6 Å². The van der Waals surface area contributed by atoms with E-state index in [2.05, 4.69) is 9.71 Å². The maximum atomic E-state index is 12.2. The zero-order chi connectivity index (χ0) is 22.2. The summed E-state index contributed by atoms with van der Waals surface area (Å²) in [5.74, 6) is -0.606. The van der Waals surface area contributed by atoms with Gasteiger partial charge in [-0.15, -0.1) is 0 Å². The molecular weight excluding hydrogens is 444 g/mol. The highest BCUT2D eigenvalue weighted by molar-refractivity contribution is 7.90. The van der Waals surface area contributed by atoms with Crippen molar-refractivity contribution in [3.63, 3.8) is 0 Å². The molecule has 2 heterocycles. The van der Waals surface area contributed by atoms with Gasteiger partial charge in [0, 0.05) is 27.6 Å². The molecule has 0 spiro atoms. The van der Waals surface area contributed by atoms with Crippen LogP contribution < -0.4 is 10.3 Å². The number of carbonyl (C=O) groups is 1. The van der Waals surface area contributed by atoms with Gasteiger partial charge in [0.25, 0.3) is 10.0 Å². The van der Waals surface area contributed by atoms with E-state index < -0.39 is 28.2 Å². The summed E-state index contributed by atoms with van der Waals surface area (Å²) in [5.41, 5.74) is 1.46. The van der Waals surface area contributed by atoms with Crippen molar-refractivity contribution in [2.75, 3.05) is 6.54 Å². The van der Waals surface area contributed by atoms with Crippen molar-refractivity contribution >= 4 is 44.4 Å². The van der Waals surface area contributed by atoms with Gasteiger partial charge in [0.1, 0.15) is 24.6 Å². The molecule has 0 amide bonds. The third-order valence-electron chi connectivity index (χ3n) is 4.80. The second-order valence-corrected chi connectivity index (χ2v) is 8.87. The summed E-state index contributed by atoms with van der Waals surface area (Å²) in [5, 5.41) is 1.09. The molecule has 0 fully saturated rings. The molecule has 0 saturated carbocycles. The summed E-state index contributed by atoms with van der Waals surface area (Å²) in [6.45, 7) is 1.35. The van der Waals surface area contributed by atoms with Crippen LogP contribution in [0.4, 0.5) is 0 Å². The smallest absolute Gasteiger partial charge is 0.336 e. The largest absolute Gasteiger partial charge is 0.459 e. The number of carbonyl (C=O) groups excluding carboxylic acids is 1. The molecule has 0 radical (unpaired) electrons. The van der Waals surface area contributed by atoms with Crippen LogP contribution in [-0.4, -0.2) is 26.8 Å². The van der Waals surface area contributed by atoms with Crippen LogP contribution in [0.2, 0.25) is 5.02 Å². The number of rotatable bonds is 5. The molecule has 0 aliphatic carbocycles.